The zero-order valence-corrected chi connectivity index (χ0v) is 22.9. The maximum atomic E-state index is 15.0. The van der Waals surface area contributed by atoms with Crippen molar-refractivity contribution in [3.8, 4) is 22.8 Å². The van der Waals surface area contributed by atoms with Gasteiger partial charge in [-0.15, -0.1) is 10.2 Å². The summed E-state index contributed by atoms with van der Waals surface area (Å²) in [6.07, 6.45) is -1.68. The first kappa shape index (κ1) is 27.9. The van der Waals surface area contributed by atoms with Crippen LogP contribution in [0.1, 0.15) is 29.9 Å². The van der Waals surface area contributed by atoms with Crippen LogP contribution in [-0.4, -0.2) is 29.1 Å². The molecular weight excluding hydrogens is 569 g/mol. The molecule has 0 fully saturated rings. The van der Waals surface area contributed by atoms with Crippen molar-refractivity contribution in [3.63, 3.8) is 0 Å². The van der Waals surface area contributed by atoms with Gasteiger partial charge in [0.1, 0.15) is 17.5 Å². The van der Waals surface area contributed by atoms with E-state index in [1.165, 1.54) is 22.8 Å². The van der Waals surface area contributed by atoms with Crippen LogP contribution in [0.15, 0.2) is 71.8 Å². The maximum Gasteiger partial charge on any atom is 0.418 e. The van der Waals surface area contributed by atoms with E-state index < -0.39 is 29.4 Å². The summed E-state index contributed by atoms with van der Waals surface area (Å²) in [6.45, 7) is 3.31. The van der Waals surface area contributed by atoms with E-state index in [0.29, 0.717) is 56.6 Å². The molecule has 6 rings (SSSR count). The van der Waals surface area contributed by atoms with Gasteiger partial charge in [-0.25, -0.2) is 18.7 Å². The maximum absolute atomic E-state index is 15.0. The minimum absolute atomic E-state index is 0.216. The first-order valence-corrected chi connectivity index (χ1v) is 13.0. The molecule has 0 amide bonds. The molecule has 0 aliphatic rings. The lowest BCUT2D eigenvalue weighted by atomic mass is 9.97. The second kappa shape index (κ2) is 10.3. The Labute approximate surface area is 240 Å². The van der Waals surface area contributed by atoms with Gasteiger partial charge < -0.3 is 9.88 Å². The molecule has 0 aliphatic carbocycles. The first-order valence-electron chi connectivity index (χ1n) is 13.0. The number of halogens is 5. The smallest absolute Gasteiger partial charge is 0.378 e. The Balaban J connectivity index is 1.50. The molecule has 8 nitrogen and oxygen atoms in total. The van der Waals surface area contributed by atoms with Gasteiger partial charge in [0.2, 0.25) is 0 Å². The van der Waals surface area contributed by atoms with E-state index in [9.17, 15) is 26.7 Å². The molecule has 0 bridgehead atoms. The van der Waals surface area contributed by atoms with Crippen molar-refractivity contribution in [1.29, 1.82) is 0 Å². The minimum Gasteiger partial charge on any atom is -0.378 e. The second-order valence-corrected chi connectivity index (χ2v) is 10.0. The number of pyridine rings is 2. The number of nitrogens with zero attached hydrogens (tertiary/aromatic N) is 6. The van der Waals surface area contributed by atoms with Gasteiger partial charge in [0.05, 0.1) is 17.0 Å². The van der Waals surface area contributed by atoms with E-state index in [1.807, 2.05) is 0 Å². The summed E-state index contributed by atoms with van der Waals surface area (Å²) >= 11 is 0. The summed E-state index contributed by atoms with van der Waals surface area (Å²) in [5, 5.41) is 12.1. The van der Waals surface area contributed by atoms with Crippen LogP contribution in [-0.2, 0) is 13.2 Å². The van der Waals surface area contributed by atoms with Crippen LogP contribution in [0.2, 0.25) is 0 Å². The van der Waals surface area contributed by atoms with E-state index in [4.69, 9.17) is 0 Å². The van der Waals surface area contributed by atoms with Crippen molar-refractivity contribution in [1.82, 2.24) is 29.1 Å². The average molecular weight is 592 g/mol. The van der Waals surface area contributed by atoms with Gasteiger partial charge >= 0.3 is 6.18 Å². The zero-order chi connectivity index (χ0) is 30.6. The van der Waals surface area contributed by atoms with E-state index in [0.717, 1.165) is 12.1 Å². The Bertz CT molecular complexity index is 2080. The number of aryl methyl sites for hydroxylation is 1. The molecule has 2 aromatic carbocycles. The van der Waals surface area contributed by atoms with E-state index in [-0.39, 0.29) is 11.2 Å². The third kappa shape index (κ3) is 4.96. The standard InChI is InChI=1S/C30H22F5N7O/c1-15(38-24-8-7-18(31)11-23(24)30(33,34)35)20-9-19(32)10-22-21(20)12-26(42-16(2)39-40-29(22)42)17-13-36-28(37-14-17)25-5-4-6-27(43)41(25)3/h4-15,38H,1-3H3/t15-/m1/s1. The Morgan fingerprint density at radius 2 is 1.63 bits per heavy atom. The highest BCUT2D eigenvalue weighted by molar-refractivity contribution is 5.99. The van der Waals surface area contributed by atoms with Crippen LogP contribution >= 0.6 is 0 Å². The number of anilines is 1. The number of hydrogen-bond acceptors (Lipinski definition) is 6. The molecule has 0 saturated heterocycles. The molecule has 0 saturated carbocycles. The molecule has 13 heteroatoms. The zero-order valence-electron chi connectivity index (χ0n) is 22.9. The lowest BCUT2D eigenvalue weighted by molar-refractivity contribution is -0.137. The third-order valence-electron chi connectivity index (χ3n) is 7.25. The van der Waals surface area contributed by atoms with Gasteiger partial charge in [-0.05, 0) is 67.3 Å². The Morgan fingerprint density at radius 3 is 2.35 bits per heavy atom. The molecule has 0 unspecified atom stereocenters. The van der Waals surface area contributed by atoms with Crippen molar-refractivity contribution in [2.75, 3.05) is 5.32 Å². The predicted molar refractivity (Wildman–Crippen MR) is 150 cm³/mol. The van der Waals surface area contributed by atoms with Crippen molar-refractivity contribution in [2.45, 2.75) is 26.1 Å². The van der Waals surface area contributed by atoms with Crippen LogP contribution in [0.3, 0.4) is 0 Å². The highest BCUT2D eigenvalue weighted by atomic mass is 19.4. The Kier molecular flexibility index (Phi) is 6.67. The normalized spacial score (nSPS) is 12.7. The van der Waals surface area contributed by atoms with Crippen molar-refractivity contribution in [2.24, 2.45) is 7.05 Å². The number of nitrogens with one attached hydrogen (secondary N) is 1. The summed E-state index contributed by atoms with van der Waals surface area (Å²) in [6, 6.07) is 10.5. The molecular formula is C30H22F5N7O. The highest BCUT2D eigenvalue weighted by Crippen LogP contribution is 2.39. The number of alkyl halides is 3. The molecule has 4 heterocycles. The molecule has 1 N–H and O–H groups in total. The summed E-state index contributed by atoms with van der Waals surface area (Å²) in [5.41, 5.74) is 0.539. The summed E-state index contributed by atoms with van der Waals surface area (Å²) in [7, 11) is 1.61. The van der Waals surface area contributed by atoms with Crippen LogP contribution in [0.25, 0.3) is 39.2 Å². The Hall–Kier alpha value is -5.20. The van der Waals surface area contributed by atoms with Gasteiger partial charge in [0, 0.05) is 48.2 Å². The average Bonchev–Trinajstić information content (AvgIpc) is 3.36. The quantitative estimate of drug-likeness (QED) is 0.231. The van der Waals surface area contributed by atoms with Gasteiger partial charge in [-0.1, -0.05) is 6.07 Å². The Morgan fingerprint density at radius 1 is 0.884 bits per heavy atom. The predicted octanol–water partition coefficient (Wildman–Crippen LogP) is 6.48. The summed E-state index contributed by atoms with van der Waals surface area (Å²) < 4.78 is 72.9. The fourth-order valence-corrected chi connectivity index (χ4v) is 5.15. The largest absolute Gasteiger partial charge is 0.418 e. The lowest BCUT2D eigenvalue weighted by Gasteiger charge is -2.22. The van der Waals surface area contributed by atoms with Crippen molar-refractivity contribution >= 4 is 22.1 Å². The van der Waals surface area contributed by atoms with E-state index >= 15 is 0 Å². The van der Waals surface area contributed by atoms with Gasteiger partial charge in [-0.3, -0.25) is 9.20 Å². The van der Waals surface area contributed by atoms with E-state index in [1.54, 1.807) is 55.9 Å². The molecule has 0 spiro atoms. The van der Waals surface area contributed by atoms with Crippen LogP contribution < -0.4 is 10.9 Å². The summed E-state index contributed by atoms with van der Waals surface area (Å²) in [4.78, 5) is 21.0. The first-order chi connectivity index (χ1) is 20.4. The van der Waals surface area contributed by atoms with Crippen LogP contribution in [0, 0.1) is 18.6 Å². The summed E-state index contributed by atoms with van der Waals surface area (Å²) in [5.74, 6) is -0.831. The number of fused-ring (bicyclic) bond motifs is 3. The van der Waals surface area contributed by atoms with E-state index in [2.05, 4.69) is 25.5 Å². The number of benzene rings is 2. The molecule has 43 heavy (non-hydrogen) atoms. The van der Waals surface area contributed by atoms with Crippen molar-refractivity contribution in [3.05, 3.63) is 106 Å². The fourth-order valence-electron chi connectivity index (χ4n) is 5.15. The molecule has 6 aromatic rings. The molecule has 0 aliphatic heterocycles. The highest BCUT2D eigenvalue weighted by Gasteiger charge is 2.34. The minimum atomic E-state index is -4.81. The monoisotopic (exact) mass is 591 g/mol. The SMILES string of the molecule is Cc1nnc2c3cc(F)cc([C@@H](C)Nc4ccc(F)cc4C(F)(F)F)c3cc(-c3cnc(-c4cccc(=O)n4C)nc3)n12. The molecule has 0 radical (unpaired) electrons. The molecule has 1 atom stereocenters. The van der Waals surface area contributed by atoms with Crippen molar-refractivity contribution < 1.29 is 22.0 Å². The second-order valence-electron chi connectivity index (χ2n) is 10.0. The van der Waals surface area contributed by atoms with Gasteiger partial charge in [0.25, 0.3) is 5.56 Å². The molecule has 4 aromatic heterocycles. The topological polar surface area (TPSA) is 90.0 Å². The van der Waals surface area contributed by atoms with Crippen LogP contribution in [0.4, 0.5) is 27.6 Å². The van der Waals surface area contributed by atoms with Gasteiger partial charge in [-0.2, -0.15) is 13.2 Å². The number of rotatable bonds is 5. The lowest BCUT2D eigenvalue weighted by Crippen LogP contribution is -2.17. The number of aromatic nitrogens is 6. The van der Waals surface area contributed by atoms with Gasteiger partial charge in [0.15, 0.2) is 11.5 Å². The fraction of sp³-hybridized carbons (Fsp3) is 0.167. The van der Waals surface area contributed by atoms with Crippen LogP contribution in [0.5, 0.6) is 0 Å². The molecule has 218 valence electrons. The third-order valence-corrected chi connectivity index (χ3v) is 7.25. The number of hydrogen-bond donors (Lipinski definition) is 1.